The molecule has 0 spiro atoms. The van der Waals surface area contributed by atoms with Gasteiger partial charge in [-0.3, -0.25) is 14.9 Å². The van der Waals surface area contributed by atoms with E-state index in [0.29, 0.717) is 17.3 Å². The van der Waals surface area contributed by atoms with Crippen LogP contribution in [-0.2, 0) is 11.2 Å². The highest BCUT2D eigenvalue weighted by molar-refractivity contribution is 5.93. The lowest BCUT2D eigenvalue weighted by molar-refractivity contribution is -0.384. The second kappa shape index (κ2) is 9.46. The van der Waals surface area contributed by atoms with E-state index in [9.17, 15) is 14.9 Å². The van der Waals surface area contributed by atoms with Crippen molar-refractivity contribution >= 4 is 28.8 Å². The van der Waals surface area contributed by atoms with Crippen molar-refractivity contribution in [3.63, 3.8) is 0 Å². The topological polar surface area (TPSA) is 119 Å². The molecule has 3 aromatic rings. The van der Waals surface area contributed by atoms with Crippen LogP contribution >= 0.6 is 0 Å². The zero-order valence-corrected chi connectivity index (χ0v) is 16.6. The average molecular weight is 407 g/mol. The first-order chi connectivity index (χ1) is 14.4. The Hall–Kier alpha value is -4.01. The van der Waals surface area contributed by atoms with E-state index in [-0.39, 0.29) is 18.2 Å². The van der Waals surface area contributed by atoms with Crippen LogP contribution in [-0.4, -0.2) is 27.4 Å². The number of nitro groups is 1. The predicted octanol–water partition coefficient (Wildman–Crippen LogP) is 4.02. The number of aromatic nitrogens is 2. The third kappa shape index (κ3) is 5.51. The second-order valence-electron chi connectivity index (χ2n) is 6.48. The molecule has 1 heterocycles. The molecular formula is C21H21N5O4. The van der Waals surface area contributed by atoms with E-state index in [2.05, 4.69) is 20.6 Å². The summed E-state index contributed by atoms with van der Waals surface area (Å²) in [6.07, 6.45) is 2.22. The van der Waals surface area contributed by atoms with Crippen LogP contribution in [0.15, 0.2) is 54.9 Å². The summed E-state index contributed by atoms with van der Waals surface area (Å²) >= 11 is 0. The van der Waals surface area contributed by atoms with Gasteiger partial charge in [0.1, 0.15) is 17.9 Å². The maximum atomic E-state index is 12.4. The van der Waals surface area contributed by atoms with Gasteiger partial charge in [0.05, 0.1) is 4.92 Å². The summed E-state index contributed by atoms with van der Waals surface area (Å²) in [7, 11) is 0. The Morgan fingerprint density at radius 1 is 1.13 bits per heavy atom. The number of benzene rings is 2. The van der Waals surface area contributed by atoms with Crippen LogP contribution in [0.4, 0.5) is 22.9 Å². The lowest BCUT2D eigenvalue weighted by Gasteiger charge is -2.13. The van der Waals surface area contributed by atoms with Crippen LogP contribution in [0.5, 0.6) is 5.75 Å². The Kier molecular flexibility index (Phi) is 6.53. The van der Waals surface area contributed by atoms with Crippen molar-refractivity contribution in [1.29, 1.82) is 0 Å². The zero-order valence-electron chi connectivity index (χ0n) is 16.6. The summed E-state index contributed by atoms with van der Waals surface area (Å²) in [5, 5.41) is 16.7. The molecule has 9 heteroatoms. The number of ether oxygens (including phenoxy) is 1. The monoisotopic (exact) mass is 407 g/mol. The minimum atomic E-state index is -0.493. The van der Waals surface area contributed by atoms with Crippen molar-refractivity contribution in [2.75, 3.05) is 17.2 Å². The molecule has 9 nitrogen and oxygen atoms in total. The lowest BCUT2D eigenvalue weighted by atomic mass is 10.1. The molecule has 154 valence electrons. The number of amides is 1. The van der Waals surface area contributed by atoms with Crippen LogP contribution in [0.1, 0.15) is 18.2 Å². The Morgan fingerprint density at radius 2 is 1.90 bits per heavy atom. The van der Waals surface area contributed by atoms with Gasteiger partial charge in [-0.15, -0.1) is 0 Å². The number of non-ortho nitro benzene ring substituents is 1. The van der Waals surface area contributed by atoms with Crippen molar-refractivity contribution in [2.24, 2.45) is 0 Å². The fraction of sp³-hybridized carbons (Fsp3) is 0.190. The van der Waals surface area contributed by atoms with Gasteiger partial charge in [0.2, 0.25) is 0 Å². The first kappa shape index (κ1) is 20.7. The summed E-state index contributed by atoms with van der Waals surface area (Å²) in [6.45, 7) is 3.66. The molecule has 0 bridgehead atoms. The largest absolute Gasteiger partial charge is 0.484 e. The molecular weight excluding hydrogens is 386 g/mol. The van der Waals surface area contributed by atoms with Crippen molar-refractivity contribution in [3.05, 3.63) is 76.2 Å². The van der Waals surface area contributed by atoms with Crippen LogP contribution in [0.3, 0.4) is 0 Å². The number of carbonyl (C=O) groups is 1. The molecule has 3 rings (SSSR count). The van der Waals surface area contributed by atoms with E-state index in [1.54, 1.807) is 0 Å². The van der Waals surface area contributed by atoms with Gasteiger partial charge >= 0.3 is 0 Å². The molecule has 0 aliphatic heterocycles. The highest BCUT2D eigenvalue weighted by Gasteiger charge is 2.10. The molecule has 30 heavy (non-hydrogen) atoms. The van der Waals surface area contributed by atoms with E-state index in [1.807, 2.05) is 38.1 Å². The number of hydrogen-bond acceptors (Lipinski definition) is 7. The van der Waals surface area contributed by atoms with Gasteiger partial charge in [0.25, 0.3) is 11.6 Å². The minimum absolute atomic E-state index is 0.0393. The summed E-state index contributed by atoms with van der Waals surface area (Å²) in [6, 6.07) is 13.1. The number of aryl methyl sites for hydroxylation is 2. The molecule has 0 saturated heterocycles. The van der Waals surface area contributed by atoms with Gasteiger partial charge in [0, 0.05) is 35.3 Å². The Labute approximate surface area is 173 Å². The summed E-state index contributed by atoms with van der Waals surface area (Å²) in [5.74, 6) is 0.699. The fourth-order valence-electron chi connectivity index (χ4n) is 2.75. The van der Waals surface area contributed by atoms with Gasteiger partial charge in [-0.05, 0) is 43.2 Å². The van der Waals surface area contributed by atoms with E-state index in [4.69, 9.17) is 4.74 Å². The van der Waals surface area contributed by atoms with Gasteiger partial charge < -0.3 is 15.4 Å². The van der Waals surface area contributed by atoms with Gasteiger partial charge in [-0.2, -0.15) is 0 Å². The minimum Gasteiger partial charge on any atom is -0.484 e. The molecule has 1 amide bonds. The maximum absolute atomic E-state index is 12.4. The zero-order chi connectivity index (χ0) is 21.5. The van der Waals surface area contributed by atoms with Crippen molar-refractivity contribution < 1.29 is 14.5 Å². The van der Waals surface area contributed by atoms with Crippen molar-refractivity contribution in [1.82, 2.24) is 9.97 Å². The number of nitrogens with one attached hydrogen (secondary N) is 2. The number of nitrogens with zero attached hydrogens (tertiary/aromatic N) is 3. The Bertz CT molecular complexity index is 1050. The summed E-state index contributed by atoms with van der Waals surface area (Å²) in [4.78, 5) is 30.8. The smallest absolute Gasteiger partial charge is 0.269 e. The first-order valence-electron chi connectivity index (χ1n) is 9.30. The molecule has 0 atom stereocenters. The van der Waals surface area contributed by atoms with Crippen molar-refractivity contribution in [3.8, 4) is 5.75 Å². The molecule has 1 aromatic heterocycles. The predicted molar refractivity (Wildman–Crippen MR) is 113 cm³/mol. The number of rotatable bonds is 8. The SMILES string of the molecule is CCc1ccc(Nc2cc(C)ncn2)cc1NC(=O)COc1ccc([N+](=O)[O-])cc1. The van der Waals surface area contributed by atoms with Gasteiger partial charge in [-0.1, -0.05) is 13.0 Å². The highest BCUT2D eigenvalue weighted by Crippen LogP contribution is 2.24. The summed E-state index contributed by atoms with van der Waals surface area (Å²) in [5.41, 5.74) is 3.22. The Balaban J connectivity index is 1.65. The van der Waals surface area contributed by atoms with Crippen LogP contribution in [0.2, 0.25) is 0 Å². The normalized spacial score (nSPS) is 10.3. The number of carbonyl (C=O) groups excluding carboxylic acids is 1. The molecule has 0 aliphatic carbocycles. The lowest BCUT2D eigenvalue weighted by Crippen LogP contribution is -2.21. The van der Waals surface area contributed by atoms with Crippen LogP contribution in [0, 0.1) is 17.0 Å². The second-order valence-corrected chi connectivity index (χ2v) is 6.48. The molecule has 0 fully saturated rings. The number of anilines is 3. The van der Waals surface area contributed by atoms with Crippen LogP contribution in [0.25, 0.3) is 0 Å². The van der Waals surface area contributed by atoms with Crippen molar-refractivity contribution in [2.45, 2.75) is 20.3 Å². The molecule has 0 unspecified atom stereocenters. The molecule has 0 aliphatic rings. The van der Waals surface area contributed by atoms with E-state index in [0.717, 1.165) is 23.4 Å². The quantitative estimate of drug-likeness (QED) is 0.427. The van der Waals surface area contributed by atoms with E-state index < -0.39 is 4.92 Å². The fourth-order valence-corrected chi connectivity index (χ4v) is 2.75. The molecule has 2 aromatic carbocycles. The van der Waals surface area contributed by atoms with Crippen LogP contribution < -0.4 is 15.4 Å². The number of hydrogen-bond donors (Lipinski definition) is 2. The van der Waals surface area contributed by atoms with Gasteiger partial charge in [0.15, 0.2) is 6.61 Å². The van der Waals surface area contributed by atoms with E-state index in [1.165, 1.54) is 30.6 Å². The van der Waals surface area contributed by atoms with E-state index >= 15 is 0 Å². The molecule has 2 N–H and O–H groups in total. The van der Waals surface area contributed by atoms with Gasteiger partial charge in [-0.25, -0.2) is 9.97 Å². The average Bonchev–Trinajstić information content (AvgIpc) is 2.73. The number of nitro benzene ring substituents is 1. The third-order valence-corrected chi connectivity index (χ3v) is 4.26. The standard InChI is InChI=1S/C21H21N5O4/c1-3-15-4-5-16(24-20-10-14(2)22-13-23-20)11-19(15)25-21(27)12-30-18-8-6-17(7-9-18)26(28)29/h4-11,13H,3,12H2,1-2H3,(H,25,27)(H,22,23,24). The Morgan fingerprint density at radius 3 is 2.57 bits per heavy atom. The highest BCUT2D eigenvalue weighted by atomic mass is 16.6. The molecule has 0 saturated carbocycles. The molecule has 0 radical (unpaired) electrons. The first-order valence-corrected chi connectivity index (χ1v) is 9.30. The maximum Gasteiger partial charge on any atom is 0.269 e. The third-order valence-electron chi connectivity index (χ3n) is 4.26. The summed E-state index contributed by atoms with van der Waals surface area (Å²) < 4.78 is 5.42.